The summed E-state index contributed by atoms with van der Waals surface area (Å²) in [6.07, 6.45) is 3.66. The number of aromatic nitrogens is 2. The minimum atomic E-state index is -0.0782. The van der Waals surface area contributed by atoms with Gasteiger partial charge in [-0.15, -0.1) is 11.3 Å². The molecular formula is C25H27N5OS. The Balaban J connectivity index is 1.48. The number of phenols is 1. The largest absolute Gasteiger partial charge is 0.508 e. The van der Waals surface area contributed by atoms with Crippen molar-refractivity contribution in [1.82, 2.24) is 14.9 Å². The lowest BCUT2D eigenvalue weighted by molar-refractivity contribution is 0.475. The van der Waals surface area contributed by atoms with Crippen molar-refractivity contribution in [3.63, 3.8) is 0 Å². The van der Waals surface area contributed by atoms with E-state index in [0.29, 0.717) is 12.6 Å². The van der Waals surface area contributed by atoms with Crippen LogP contribution in [0, 0.1) is 0 Å². The average molecular weight is 446 g/mol. The molecule has 2 atom stereocenters. The number of amidine groups is 1. The molecule has 0 fully saturated rings. The number of hydrogen-bond acceptors (Lipinski definition) is 5. The lowest BCUT2D eigenvalue weighted by Crippen LogP contribution is -2.40. The van der Waals surface area contributed by atoms with Crippen molar-refractivity contribution in [2.45, 2.75) is 38.9 Å². The van der Waals surface area contributed by atoms with Gasteiger partial charge in [-0.25, -0.2) is 4.98 Å². The molecule has 0 aliphatic carbocycles. The van der Waals surface area contributed by atoms with Crippen LogP contribution in [0.5, 0.6) is 5.75 Å². The summed E-state index contributed by atoms with van der Waals surface area (Å²) in [6, 6.07) is 16.2. The fourth-order valence-corrected chi connectivity index (χ4v) is 5.03. The lowest BCUT2D eigenvalue weighted by atomic mass is 10.1. The van der Waals surface area contributed by atoms with E-state index in [1.165, 1.54) is 15.6 Å². The molecule has 5 rings (SSSR count). The van der Waals surface area contributed by atoms with E-state index in [4.69, 9.17) is 9.98 Å². The zero-order valence-electron chi connectivity index (χ0n) is 18.2. The monoisotopic (exact) mass is 445 g/mol. The number of fused-ring (bicyclic) bond motifs is 2. The molecule has 0 spiro atoms. The summed E-state index contributed by atoms with van der Waals surface area (Å²) < 4.78 is 3.49. The van der Waals surface area contributed by atoms with Crippen LogP contribution in [0.1, 0.15) is 49.3 Å². The first-order chi connectivity index (χ1) is 15.6. The Morgan fingerprint density at radius 1 is 1.16 bits per heavy atom. The van der Waals surface area contributed by atoms with Crippen molar-refractivity contribution in [3.8, 4) is 5.75 Å². The summed E-state index contributed by atoms with van der Waals surface area (Å²) in [6.45, 7) is 5.04. The highest BCUT2D eigenvalue weighted by molar-refractivity contribution is 7.17. The van der Waals surface area contributed by atoms with Gasteiger partial charge < -0.3 is 20.3 Å². The van der Waals surface area contributed by atoms with Gasteiger partial charge in [0.1, 0.15) is 23.4 Å². The predicted molar refractivity (Wildman–Crippen MR) is 132 cm³/mol. The van der Waals surface area contributed by atoms with Gasteiger partial charge in [0.2, 0.25) is 0 Å². The smallest absolute Gasteiger partial charge is 0.153 e. The van der Waals surface area contributed by atoms with E-state index in [0.717, 1.165) is 35.8 Å². The van der Waals surface area contributed by atoms with Gasteiger partial charge in [0.25, 0.3) is 0 Å². The highest BCUT2D eigenvalue weighted by atomic mass is 32.1. The normalized spacial score (nSPS) is 17.7. The maximum Gasteiger partial charge on any atom is 0.153 e. The molecule has 164 valence electrons. The Kier molecular flexibility index (Phi) is 5.57. The van der Waals surface area contributed by atoms with Gasteiger partial charge >= 0.3 is 0 Å². The first-order valence-corrected chi connectivity index (χ1v) is 11.9. The Labute approximate surface area is 191 Å². The van der Waals surface area contributed by atoms with Crippen LogP contribution in [0.15, 0.2) is 65.2 Å². The molecule has 2 aromatic heterocycles. The SMILES string of the molecule is CCC(C)n1cnc2c1NC(c1csc3ccccc13)NC2=NCCc1ccc(O)cc1. The van der Waals surface area contributed by atoms with Crippen molar-refractivity contribution in [1.29, 1.82) is 0 Å². The first kappa shape index (κ1) is 20.6. The molecular weight excluding hydrogens is 418 g/mol. The minimum absolute atomic E-state index is 0.0782. The second-order valence-electron chi connectivity index (χ2n) is 8.16. The standard InChI is InChI=1S/C25H27N5OS/c1-3-16(2)30-15-27-22-24(26-13-12-17-8-10-18(31)11-9-17)28-23(29-25(22)30)20-14-32-21-7-5-4-6-19(20)21/h4-11,14-16,23,29,31H,3,12-13H2,1-2H3,(H,26,28). The van der Waals surface area contributed by atoms with Crippen molar-refractivity contribution in [2.24, 2.45) is 4.99 Å². The number of imidazole rings is 1. The molecule has 3 N–H and O–H groups in total. The maximum atomic E-state index is 9.50. The second kappa shape index (κ2) is 8.67. The van der Waals surface area contributed by atoms with Crippen molar-refractivity contribution >= 4 is 33.1 Å². The molecule has 0 bridgehead atoms. The van der Waals surface area contributed by atoms with Crippen LogP contribution in [0.25, 0.3) is 10.1 Å². The molecule has 32 heavy (non-hydrogen) atoms. The number of thiophene rings is 1. The second-order valence-corrected chi connectivity index (χ2v) is 9.07. The maximum absolute atomic E-state index is 9.50. The lowest BCUT2D eigenvalue weighted by Gasteiger charge is -2.30. The number of nitrogens with one attached hydrogen (secondary N) is 2. The minimum Gasteiger partial charge on any atom is -0.508 e. The highest BCUT2D eigenvalue weighted by Crippen LogP contribution is 2.35. The van der Waals surface area contributed by atoms with Gasteiger partial charge in [0.15, 0.2) is 5.84 Å². The molecule has 0 saturated heterocycles. The molecule has 0 amide bonds. The van der Waals surface area contributed by atoms with E-state index >= 15 is 0 Å². The van der Waals surface area contributed by atoms with Gasteiger partial charge in [-0.3, -0.25) is 4.99 Å². The Morgan fingerprint density at radius 3 is 2.78 bits per heavy atom. The summed E-state index contributed by atoms with van der Waals surface area (Å²) in [5.41, 5.74) is 3.23. The van der Waals surface area contributed by atoms with Crippen molar-refractivity contribution in [2.75, 3.05) is 11.9 Å². The van der Waals surface area contributed by atoms with Crippen molar-refractivity contribution < 1.29 is 5.11 Å². The predicted octanol–water partition coefficient (Wildman–Crippen LogP) is 5.48. The van der Waals surface area contributed by atoms with Gasteiger partial charge in [0.05, 0.1) is 6.33 Å². The molecule has 1 aliphatic rings. The summed E-state index contributed by atoms with van der Waals surface area (Å²) in [5.74, 6) is 2.12. The number of phenolic OH excluding ortho intramolecular Hbond substituents is 1. The van der Waals surface area contributed by atoms with Crippen LogP contribution < -0.4 is 10.6 Å². The third-order valence-electron chi connectivity index (χ3n) is 6.07. The van der Waals surface area contributed by atoms with Gasteiger partial charge in [0, 0.05) is 22.8 Å². The third kappa shape index (κ3) is 3.84. The van der Waals surface area contributed by atoms with E-state index in [-0.39, 0.29) is 11.9 Å². The summed E-state index contributed by atoms with van der Waals surface area (Å²) in [5, 5.41) is 20.3. The van der Waals surface area contributed by atoms with Crippen molar-refractivity contribution in [3.05, 3.63) is 77.1 Å². The van der Waals surface area contributed by atoms with Gasteiger partial charge in [-0.1, -0.05) is 37.3 Å². The molecule has 7 heteroatoms. The quantitative estimate of drug-likeness (QED) is 0.367. The molecule has 2 unspecified atom stereocenters. The van der Waals surface area contributed by atoms with Crippen LogP contribution in [0.4, 0.5) is 5.82 Å². The van der Waals surface area contributed by atoms with E-state index in [2.05, 4.69) is 58.7 Å². The van der Waals surface area contributed by atoms with Crippen LogP contribution in [-0.2, 0) is 6.42 Å². The molecule has 2 aromatic carbocycles. The van der Waals surface area contributed by atoms with E-state index in [1.54, 1.807) is 23.5 Å². The number of hydrogen-bond donors (Lipinski definition) is 3. The summed E-state index contributed by atoms with van der Waals surface area (Å²) in [7, 11) is 0. The Morgan fingerprint density at radius 2 is 1.97 bits per heavy atom. The number of aromatic hydroxyl groups is 1. The Hall–Kier alpha value is -3.32. The van der Waals surface area contributed by atoms with Crippen LogP contribution in [0.2, 0.25) is 0 Å². The summed E-state index contributed by atoms with van der Waals surface area (Å²) >= 11 is 1.76. The Bertz CT molecular complexity index is 1260. The number of aliphatic imine (C=N–C) groups is 1. The van der Waals surface area contributed by atoms with Gasteiger partial charge in [-0.05, 0) is 54.3 Å². The third-order valence-corrected chi connectivity index (χ3v) is 7.06. The topological polar surface area (TPSA) is 74.5 Å². The molecule has 6 nitrogen and oxygen atoms in total. The number of benzene rings is 2. The fraction of sp³-hybridized carbons (Fsp3) is 0.280. The number of rotatable bonds is 6. The zero-order chi connectivity index (χ0) is 22.1. The van der Waals surface area contributed by atoms with E-state index in [1.807, 2.05) is 18.5 Å². The zero-order valence-corrected chi connectivity index (χ0v) is 19.1. The average Bonchev–Trinajstić information content (AvgIpc) is 3.44. The molecule has 0 radical (unpaired) electrons. The van der Waals surface area contributed by atoms with Crippen LogP contribution in [-0.4, -0.2) is 27.0 Å². The van der Waals surface area contributed by atoms with Gasteiger partial charge in [-0.2, -0.15) is 0 Å². The molecule has 3 heterocycles. The number of nitrogens with zero attached hydrogens (tertiary/aromatic N) is 3. The highest BCUT2D eigenvalue weighted by Gasteiger charge is 2.29. The molecule has 1 aliphatic heterocycles. The fourth-order valence-electron chi connectivity index (χ4n) is 4.04. The number of anilines is 1. The van der Waals surface area contributed by atoms with Crippen LogP contribution in [0.3, 0.4) is 0 Å². The van der Waals surface area contributed by atoms with E-state index in [9.17, 15) is 5.11 Å². The van der Waals surface area contributed by atoms with E-state index < -0.39 is 0 Å². The molecule has 4 aromatic rings. The summed E-state index contributed by atoms with van der Waals surface area (Å²) in [4.78, 5) is 9.61. The molecule has 0 saturated carbocycles. The van der Waals surface area contributed by atoms with Crippen LogP contribution >= 0.6 is 11.3 Å². The first-order valence-electron chi connectivity index (χ1n) is 11.0.